The van der Waals surface area contributed by atoms with Gasteiger partial charge in [0.25, 0.3) is 5.91 Å². The van der Waals surface area contributed by atoms with Gasteiger partial charge in [0.05, 0.1) is 0 Å². The molecular weight excluding hydrogens is 362 g/mol. The van der Waals surface area contributed by atoms with Gasteiger partial charge in [-0.3, -0.25) is 9.79 Å². The Labute approximate surface area is 174 Å². The van der Waals surface area contributed by atoms with Crippen LogP contribution in [0.3, 0.4) is 0 Å². The molecular formula is C23H33N5O. The molecule has 6 heteroatoms. The van der Waals surface area contributed by atoms with Crippen LogP contribution < -0.4 is 15.5 Å². The van der Waals surface area contributed by atoms with Gasteiger partial charge in [-0.2, -0.15) is 0 Å². The number of aliphatic imine (C=N–C) groups is 1. The number of carbonyl (C=O) groups excluding carboxylic acids is 1. The van der Waals surface area contributed by atoms with Crippen molar-refractivity contribution in [3.05, 3.63) is 65.7 Å². The quantitative estimate of drug-likeness (QED) is 0.389. The fraction of sp³-hybridized carbons (Fsp3) is 0.391. The summed E-state index contributed by atoms with van der Waals surface area (Å²) in [7, 11) is 7.42. The Kier molecular flexibility index (Phi) is 9.02. The Morgan fingerprint density at radius 3 is 2.38 bits per heavy atom. The van der Waals surface area contributed by atoms with Crippen molar-refractivity contribution in [3.8, 4) is 0 Å². The number of guanidine groups is 1. The summed E-state index contributed by atoms with van der Waals surface area (Å²) in [6, 6.07) is 18.2. The third kappa shape index (κ3) is 7.49. The first-order chi connectivity index (χ1) is 14.0. The number of benzene rings is 2. The molecule has 29 heavy (non-hydrogen) atoms. The Morgan fingerprint density at radius 2 is 1.69 bits per heavy atom. The molecule has 0 aliphatic carbocycles. The lowest BCUT2D eigenvalue weighted by molar-refractivity contribution is 0.0827. The summed E-state index contributed by atoms with van der Waals surface area (Å²) in [5.41, 5.74) is 3.08. The van der Waals surface area contributed by atoms with E-state index in [0.29, 0.717) is 0 Å². The molecule has 2 aromatic carbocycles. The molecule has 2 rings (SSSR count). The van der Waals surface area contributed by atoms with Crippen LogP contribution in [-0.2, 0) is 6.42 Å². The molecule has 0 unspecified atom stereocenters. The van der Waals surface area contributed by atoms with E-state index in [1.807, 2.05) is 30.3 Å². The summed E-state index contributed by atoms with van der Waals surface area (Å²) in [5.74, 6) is 0.825. The average molecular weight is 396 g/mol. The molecule has 0 spiro atoms. The van der Waals surface area contributed by atoms with Crippen LogP contribution in [0.5, 0.6) is 0 Å². The summed E-state index contributed by atoms with van der Waals surface area (Å²) >= 11 is 0. The fourth-order valence-corrected chi connectivity index (χ4v) is 3.00. The van der Waals surface area contributed by atoms with Gasteiger partial charge in [-0.25, -0.2) is 0 Å². The van der Waals surface area contributed by atoms with Gasteiger partial charge in [0.1, 0.15) is 0 Å². The molecule has 0 aromatic heterocycles. The first-order valence-corrected chi connectivity index (χ1v) is 10.0. The van der Waals surface area contributed by atoms with Gasteiger partial charge in [0.2, 0.25) is 0 Å². The summed E-state index contributed by atoms with van der Waals surface area (Å²) in [4.78, 5) is 20.2. The van der Waals surface area contributed by atoms with Crippen LogP contribution in [0.4, 0.5) is 5.69 Å². The third-order valence-electron chi connectivity index (χ3n) is 4.67. The van der Waals surface area contributed by atoms with E-state index >= 15 is 0 Å². The number of para-hydroxylation sites is 1. The van der Waals surface area contributed by atoms with Gasteiger partial charge in [0.15, 0.2) is 5.96 Å². The van der Waals surface area contributed by atoms with Crippen molar-refractivity contribution in [3.63, 3.8) is 0 Å². The predicted octanol–water partition coefficient (Wildman–Crippen LogP) is 2.62. The zero-order valence-electron chi connectivity index (χ0n) is 18.0. The van der Waals surface area contributed by atoms with E-state index in [1.165, 1.54) is 5.69 Å². The number of anilines is 1. The second-order valence-corrected chi connectivity index (χ2v) is 7.19. The molecule has 0 heterocycles. The van der Waals surface area contributed by atoms with Crippen LogP contribution in [0.2, 0.25) is 0 Å². The Morgan fingerprint density at radius 1 is 0.966 bits per heavy atom. The van der Waals surface area contributed by atoms with Gasteiger partial charge in [-0.1, -0.05) is 30.3 Å². The maximum Gasteiger partial charge on any atom is 0.253 e. The molecule has 0 fully saturated rings. The number of rotatable bonds is 9. The SMILES string of the molecule is CN=C(NCCCN(C)c1ccccc1)NCCc1cccc(C(=O)N(C)C)c1. The van der Waals surface area contributed by atoms with E-state index in [0.717, 1.165) is 49.6 Å². The molecule has 0 atom stereocenters. The lowest BCUT2D eigenvalue weighted by Crippen LogP contribution is -2.39. The molecule has 2 N–H and O–H groups in total. The molecule has 6 nitrogen and oxygen atoms in total. The van der Waals surface area contributed by atoms with Gasteiger partial charge in [-0.05, 0) is 42.7 Å². The monoisotopic (exact) mass is 395 g/mol. The predicted molar refractivity (Wildman–Crippen MR) is 122 cm³/mol. The number of nitrogens with zero attached hydrogens (tertiary/aromatic N) is 3. The van der Waals surface area contributed by atoms with Crippen molar-refractivity contribution < 1.29 is 4.79 Å². The number of hydrogen-bond acceptors (Lipinski definition) is 3. The molecule has 156 valence electrons. The zero-order valence-corrected chi connectivity index (χ0v) is 18.0. The lowest BCUT2D eigenvalue weighted by atomic mass is 10.1. The molecule has 0 saturated heterocycles. The normalized spacial score (nSPS) is 11.1. The van der Waals surface area contributed by atoms with Crippen LogP contribution in [0.15, 0.2) is 59.6 Å². The van der Waals surface area contributed by atoms with Crippen molar-refractivity contribution in [1.82, 2.24) is 15.5 Å². The van der Waals surface area contributed by atoms with Crippen molar-refractivity contribution >= 4 is 17.6 Å². The minimum atomic E-state index is 0.0257. The first kappa shape index (κ1) is 22.3. The van der Waals surface area contributed by atoms with E-state index < -0.39 is 0 Å². The highest BCUT2D eigenvalue weighted by molar-refractivity contribution is 5.94. The van der Waals surface area contributed by atoms with Gasteiger partial charge >= 0.3 is 0 Å². The second-order valence-electron chi connectivity index (χ2n) is 7.19. The summed E-state index contributed by atoms with van der Waals surface area (Å²) in [6.45, 7) is 2.58. The average Bonchev–Trinajstić information content (AvgIpc) is 2.75. The number of hydrogen-bond donors (Lipinski definition) is 2. The highest BCUT2D eigenvalue weighted by Crippen LogP contribution is 2.10. The van der Waals surface area contributed by atoms with E-state index in [4.69, 9.17) is 0 Å². The van der Waals surface area contributed by atoms with Crippen LogP contribution >= 0.6 is 0 Å². The standard InChI is InChI=1S/C23H33N5O/c1-24-23(25-15-9-17-28(4)21-12-6-5-7-13-21)26-16-14-19-10-8-11-20(18-19)22(29)27(2)3/h5-8,10-13,18H,9,14-17H2,1-4H3,(H2,24,25,26). The van der Waals surface area contributed by atoms with Gasteiger partial charge < -0.3 is 20.4 Å². The molecule has 0 saturated carbocycles. The van der Waals surface area contributed by atoms with Crippen molar-refractivity contribution in [2.24, 2.45) is 4.99 Å². The molecule has 0 radical (unpaired) electrons. The van der Waals surface area contributed by atoms with E-state index in [2.05, 4.69) is 51.8 Å². The van der Waals surface area contributed by atoms with E-state index in [-0.39, 0.29) is 5.91 Å². The summed E-state index contributed by atoms with van der Waals surface area (Å²) in [6.07, 6.45) is 1.84. The zero-order chi connectivity index (χ0) is 21.1. The Balaban J connectivity index is 1.70. The number of nitrogens with one attached hydrogen (secondary N) is 2. The Bertz CT molecular complexity index is 789. The van der Waals surface area contributed by atoms with Gasteiger partial charge in [0, 0.05) is 59.1 Å². The topological polar surface area (TPSA) is 60.0 Å². The summed E-state index contributed by atoms with van der Waals surface area (Å²) in [5, 5.41) is 6.70. The molecule has 0 aliphatic rings. The highest BCUT2D eigenvalue weighted by atomic mass is 16.2. The smallest absolute Gasteiger partial charge is 0.253 e. The number of carbonyl (C=O) groups is 1. The highest BCUT2D eigenvalue weighted by Gasteiger charge is 2.08. The van der Waals surface area contributed by atoms with Crippen molar-refractivity contribution in [2.75, 3.05) is 52.7 Å². The maximum absolute atomic E-state index is 12.1. The third-order valence-corrected chi connectivity index (χ3v) is 4.67. The van der Waals surface area contributed by atoms with E-state index in [9.17, 15) is 4.79 Å². The van der Waals surface area contributed by atoms with E-state index in [1.54, 1.807) is 26.0 Å². The lowest BCUT2D eigenvalue weighted by Gasteiger charge is -2.19. The minimum Gasteiger partial charge on any atom is -0.375 e. The van der Waals surface area contributed by atoms with Crippen molar-refractivity contribution in [2.45, 2.75) is 12.8 Å². The second kappa shape index (κ2) is 11.7. The van der Waals surface area contributed by atoms with Crippen LogP contribution in [0, 0.1) is 0 Å². The van der Waals surface area contributed by atoms with Crippen LogP contribution in [-0.4, -0.2) is 64.6 Å². The van der Waals surface area contributed by atoms with Gasteiger partial charge in [-0.15, -0.1) is 0 Å². The number of amides is 1. The maximum atomic E-state index is 12.1. The molecule has 1 amide bonds. The molecule has 0 aliphatic heterocycles. The summed E-state index contributed by atoms with van der Waals surface area (Å²) < 4.78 is 0. The first-order valence-electron chi connectivity index (χ1n) is 10.0. The molecule has 0 bridgehead atoms. The van der Waals surface area contributed by atoms with Crippen LogP contribution in [0.25, 0.3) is 0 Å². The largest absolute Gasteiger partial charge is 0.375 e. The van der Waals surface area contributed by atoms with Crippen molar-refractivity contribution in [1.29, 1.82) is 0 Å². The fourth-order valence-electron chi connectivity index (χ4n) is 3.00. The van der Waals surface area contributed by atoms with Crippen LogP contribution in [0.1, 0.15) is 22.3 Å². The molecule has 2 aromatic rings. The minimum absolute atomic E-state index is 0.0257. The Hall–Kier alpha value is -3.02.